The minimum atomic E-state index is -0.112. The van der Waals surface area contributed by atoms with Crippen molar-refractivity contribution >= 4 is 5.57 Å². The first-order valence-electron chi connectivity index (χ1n) is 7.37. The number of hydrogen-bond acceptors (Lipinski definition) is 5. The van der Waals surface area contributed by atoms with E-state index < -0.39 is 0 Å². The first kappa shape index (κ1) is 17.7. The maximum atomic E-state index is 9.49. The van der Waals surface area contributed by atoms with Crippen LogP contribution >= 0.6 is 0 Å². The van der Waals surface area contributed by atoms with E-state index in [9.17, 15) is 5.11 Å². The average molecular weight is 330 g/mol. The van der Waals surface area contributed by atoms with Crippen LogP contribution in [0.15, 0.2) is 36.9 Å². The van der Waals surface area contributed by atoms with Crippen LogP contribution in [-0.4, -0.2) is 33.5 Å². The molecule has 0 aliphatic heterocycles. The van der Waals surface area contributed by atoms with Gasteiger partial charge in [0.1, 0.15) is 5.75 Å². The summed E-state index contributed by atoms with van der Waals surface area (Å²) in [6.07, 6.45) is 0. The van der Waals surface area contributed by atoms with Crippen molar-refractivity contribution < 1.29 is 24.1 Å². The molecule has 0 amide bonds. The molecule has 0 unspecified atom stereocenters. The van der Waals surface area contributed by atoms with Crippen LogP contribution in [0.5, 0.6) is 23.0 Å². The molecule has 128 valence electrons. The molecule has 2 rings (SSSR count). The van der Waals surface area contributed by atoms with Crippen LogP contribution in [0.3, 0.4) is 0 Å². The van der Waals surface area contributed by atoms with Crippen molar-refractivity contribution in [2.75, 3.05) is 28.4 Å². The lowest BCUT2D eigenvalue weighted by atomic mass is 9.97. The van der Waals surface area contributed by atoms with E-state index in [0.717, 1.165) is 16.7 Å². The van der Waals surface area contributed by atoms with Gasteiger partial charge in [0.15, 0.2) is 11.5 Å². The first-order chi connectivity index (χ1) is 11.6. The number of aliphatic hydroxyl groups is 1. The van der Waals surface area contributed by atoms with Crippen LogP contribution in [0.1, 0.15) is 16.7 Å². The summed E-state index contributed by atoms with van der Waals surface area (Å²) in [4.78, 5) is 0. The number of aliphatic hydroxyl groups excluding tert-OH is 1. The summed E-state index contributed by atoms with van der Waals surface area (Å²) in [5, 5.41) is 9.49. The van der Waals surface area contributed by atoms with Crippen molar-refractivity contribution in [3.63, 3.8) is 0 Å². The number of ether oxygens (including phenoxy) is 4. The molecule has 5 nitrogen and oxygen atoms in total. The summed E-state index contributed by atoms with van der Waals surface area (Å²) in [5.41, 5.74) is 3.17. The Labute approximate surface area is 142 Å². The molecule has 24 heavy (non-hydrogen) atoms. The van der Waals surface area contributed by atoms with E-state index in [0.29, 0.717) is 28.6 Å². The van der Waals surface area contributed by atoms with Crippen molar-refractivity contribution in [3.8, 4) is 23.0 Å². The monoisotopic (exact) mass is 330 g/mol. The van der Waals surface area contributed by atoms with E-state index in [2.05, 4.69) is 6.58 Å². The Kier molecular flexibility index (Phi) is 5.71. The molecule has 0 saturated carbocycles. The van der Waals surface area contributed by atoms with Gasteiger partial charge in [-0.25, -0.2) is 0 Å². The number of rotatable bonds is 7. The molecule has 0 aliphatic rings. The van der Waals surface area contributed by atoms with Crippen LogP contribution in [0.2, 0.25) is 0 Å². The van der Waals surface area contributed by atoms with Crippen LogP contribution in [-0.2, 0) is 6.61 Å². The molecule has 0 radical (unpaired) electrons. The van der Waals surface area contributed by atoms with Crippen molar-refractivity contribution in [1.82, 2.24) is 0 Å². The number of benzene rings is 2. The van der Waals surface area contributed by atoms with Crippen molar-refractivity contribution in [2.45, 2.75) is 6.61 Å². The Hall–Kier alpha value is -2.66. The highest BCUT2D eigenvalue weighted by molar-refractivity contribution is 5.81. The van der Waals surface area contributed by atoms with Crippen LogP contribution in [0.4, 0.5) is 0 Å². The Morgan fingerprint density at radius 2 is 1.42 bits per heavy atom. The zero-order chi connectivity index (χ0) is 17.7. The Balaban J connectivity index is 2.50. The standard InChI is InChI=1S/C19H22O5/c1-12(13-6-7-16(21-2)15(8-13)11-20)14-9-17(22-3)19(24-5)18(10-14)23-4/h6-10,20H,1,11H2,2-5H3. The van der Waals surface area contributed by atoms with Crippen molar-refractivity contribution in [2.24, 2.45) is 0 Å². The van der Waals surface area contributed by atoms with Crippen LogP contribution in [0, 0.1) is 0 Å². The summed E-state index contributed by atoms with van der Waals surface area (Å²) in [6.45, 7) is 4.05. The first-order valence-corrected chi connectivity index (χ1v) is 7.37. The molecule has 5 heteroatoms. The van der Waals surface area contributed by atoms with Gasteiger partial charge in [0.2, 0.25) is 5.75 Å². The van der Waals surface area contributed by atoms with Gasteiger partial charge >= 0.3 is 0 Å². The third kappa shape index (κ3) is 3.31. The predicted molar refractivity (Wildman–Crippen MR) is 93.2 cm³/mol. The molecular weight excluding hydrogens is 308 g/mol. The van der Waals surface area contributed by atoms with Crippen molar-refractivity contribution in [3.05, 3.63) is 53.6 Å². The average Bonchev–Trinajstić information content (AvgIpc) is 2.65. The fourth-order valence-corrected chi connectivity index (χ4v) is 2.51. The normalized spacial score (nSPS) is 10.2. The fraction of sp³-hybridized carbons (Fsp3) is 0.263. The van der Waals surface area contributed by atoms with E-state index in [1.807, 2.05) is 30.3 Å². The second-order valence-electron chi connectivity index (χ2n) is 5.08. The smallest absolute Gasteiger partial charge is 0.203 e. The third-order valence-electron chi connectivity index (χ3n) is 3.81. The van der Waals surface area contributed by atoms with Gasteiger partial charge < -0.3 is 24.1 Å². The van der Waals surface area contributed by atoms with Crippen LogP contribution < -0.4 is 18.9 Å². The highest BCUT2D eigenvalue weighted by Gasteiger charge is 2.16. The highest BCUT2D eigenvalue weighted by Crippen LogP contribution is 2.41. The minimum Gasteiger partial charge on any atom is -0.496 e. The summed E-state index contributed by atoms with van der Waals surface area (Å²) in [6, 6.07) is 9.23. The third-order valence-corrected chi connectivity index (χ3v) is 3.81. The zero-order valence-electron chi connectivity index (χ0n) is 14.4. The summed E-state index contributed by atoms with van der Waals surface area (Å²) < 4.78 is 21.3. The highest BCUT2D eigenvalue weighted by atomic mass is 16.5. The molecule has 0 heterocycles. The van der Waals surface area contributed by atoms with Gasteiger partial charge in [-0.2, -0.15) is 0 Å². The molecule has 0 atom stereocenters. The second kappa shape index (κ2) is 7.75. The van der Waals surface area contributed by atoms with E-state index in [-0.39, 0.29) is 6.61 Å². The predicted octanol–water partition coefficient (Wildman–Crippen LogP) is 3.27. The van der Waals surface area contributed by atoms with Gasteiger partial charge in [-0.3, -0.25) is 0 Å². The quantitative estimate of drug-likeness (QED) is 0.844. The lowest BCUT2D eigenvalue weighted by Gasteiger charge is -2.16. The lowest BCUT2D eigenvalue weighted by molar-refractivity contribution is 0.274. The molecular formula is C19H22O5. The zero-order valence-corrected chi connectivity index (χ0v) is 14.4. The molecule has 0 bridgehead atoms. The number of hydrogen-bond donors (Lipinski definition) is 1. The molecule has 2 aromatic rings. The molecule has 0 aromatic heterocycles. The minimum absolute atomic E-state index is 0.112. The van der Waals surface area contributed by atoms with Gasteiger partial charge in [-0.1, -0.05) is 12.6 Å². The maximum absolute atomic E-state index is 9.49. The Morgan fingerprint density at radius 1 is 0.833 bits per heavy atom. The van der Waals surface area contributed by atoms with Gasteiger partial charge in [0.05, 0.1) is 35.0 Å². The lowest BCUT2D eigenvalue weighted by Crippen LogP contribution is -1.98. The van der Waals surface area contributed by atoms with E-state index in [1.54, 1.807) is 28.4 Å². The van der Waals surface area contributed by atoms with E-state index in [4.69, 9.17) is 18.9 Å². The molecule has 2 aromatic carbocycles. The maximum Gasteiger partial charge on any atom is 0.203 e. The molecule has 0 saturated heterocycles. The molecule has 0 spiro atoms. The fourth-order valence-electron chi connectivity index (χ4n) is 2.51. The van der Waals surface area contributed by atoms with E-state index >= 15 is 0 Å². The molecule has 0 fully saturated rings. The van der Waals surface area contributed by atoms with Gasteiger partial charge in [0.25, 0.3) is 0 Å². The van der Waals surface area contributed by atoms with Gasteiger partial charge in [0, 0.05) is 5.56 Å². The Bertz CT molecular complexity index is 712. The van der Waals surface area contributed by atoms with Crippen molar-refractivity contribution in [1.29, 1.82) is 0 Å². The van der Waals surface area contributed by atoms with Gasteiger partial charge in [-0.05, 0) is 41.0 Å². The number of methoxy groups -OCH3 is 4. The molecule has 1 N–H and O–H groups in total. The summed E-state index contributed by atoms with van der Waals surface area (Å²) in [5.74, 6) is 2.29. The largest absolute Gasteiger partial charge is 0.496 e. The SMILES string of the molecule is C=C(c1ccc(OC)c(CO)c1)c1cc(OC)c(OC)c(OC)c1. The van der Waals surface area contributed by atoms with Crippen LogP contribution in [0.25, 0.3) is 5.57 Å². The van der Waals surface area contributed by atoms with Gasteiger partial charge in [-0.15, -0.1) is 0 Å². The summed E-state index contributed by atoms with van der Waals surface area (Å²) >= 11 is 0. The summed E-state index contributed by atoms with van der Waals surface area (Å²) in [7, 11) is 6.27. The van der Waals surface area contributed by atoms with E-state index in [1.165, 1.54) is 0 Å². The Morgan fingerprint density at radius 3 is 1.88 bits per heavy atom. The molecule has 0 aliphatic carbocycles. The topological polar surface area (TPSA) is 57.2 Å². The second-order valence-corrected chi connectivity index (χ2v) is 5.08.